The van der Waals surface area contributed by atoms with E-state index in [2.05, 4.69) is 30.9 Å². The lowest BCUT2D eigenvalue weighted by Crippen LogP contribution is -2.03. The van der Waals surface area contributed by atoms with Gasteiger partial charge in [0.05, 0.1) is 5.39 Å². The van der Waals surface area contributed by atoms with Gasteiger partial charge in [-0.05, 0) is 18.1 Å². The van der Waals surface area contributed by atoms with Gasteiger partial charge in [0.1, 0.15) is 5.82 Å². The molecule has 2 rings (SSSR count). The van der Waals surface area contributed by atoms with Crippen molar-refractivity contribution in [2.75, 3.05) is 11.5 Å². The summed E-state index contributed by atoms with van der Waals surface area (Å²) < 4.78 is 0. The minimum Gasteiger partial charge on any atom is -0.383 e. The third-order valence-corrected chi connectivity index (χ3v) is 2.88. The molecule has 0 atom stereocenters. The van der Waals surface area contributed by atoms with Crippen LogP contribution in [0.5, 0.6) is 0 Å². The van der Waals surface area contributed by atoms with Gasteiger partial charge >= 0.3 is 0 Å². The molecule has 0 aromatic carbocycles. The Kier molecular flexibility index (Phi) is 2.44. The van der Waals surface area contributed by atoms with Crippen LogP contribution in [0.25, 0.3) is 11.0 Å². The highest BCUT2D eigenvalue weighted by molar-refractivity contribution is 9.08. The van der Waals surface area contributed by atoms with Crippen LogP contribution in [0.2, 0.25) is 0 Å². The monoisotopic (exact) mass is 267 g/mol. The standard InChI is InChI=1S/C9H10BrN5/c1-4-5(2-10)3-13-8-6(4)7(11)14-9(12)15-8/h3H,2H2,1H3,(H4,11,12,13,14,15). The first-order valence-electron chi connectivity index (χ1n) is 4.36. The van der Waals surface area contributed by atoms with E-state index < -0.39 is 0 Å². The topological polar surface area (TPSA) is 90.7 Å². The minimum atomic E-state index is 0.151. The molecule has 0 saturated heterocycles. The second kappa shape index (κ2) is 3.62. The van der Waals surface area contributed by atoms with Crippen molar-refractivity contribution >= 4 is 38.7 Å². The van der Waals surface area contributed by atoms with Crippen LogP contribution in [-0.4, -0.2) is 15.0 Å². The van der Waals surface area contributed by atoms with Crippen molar-refractivity contribution in [3.8, 4) is 0 Å². The van der Waals surface area contributed by atoms with E-state index in [0.29, 0.717) is 11.5 Å². The fourth-order valence-corrected chi connectivity index (χ4v) is 2.03. The molecule has 0 unspecified atom stereocenters. The van der Waals surface area contributed by atoms with Crippen LogP contribution in [0.3, 0.4) is 0 Å². The number of hydrogen-bond donors (Lipinski definition) is 2. The average molecular weight is 268 g/mol. The van der Waals surface area contributed by atoms with Gasteiger partial charge in [0, 0.05) is 11.5 Å². The molecule has 0 bridgehead atoms. The van der Waals surface area contributed by atoms with Crippen LogP contribution in [0.4, 0.5) is 11.8 Å². The van der Waals surface area contributed by atoms with Crippen molar-refractivity contribution in [1.82, 2.24) is 15.0 Å². The first kappa shape index (κ1) is 10.1. The largest absolute Gasteiger partial charge is 0.383 e. The first-order valence-corrected chi connectivity index (χ1v) is 5.48. The normalized spacial score (nSPS) is 10.8. The molecular formula is C9H10BrN5. The van der Waals surface area contributed by atoms with Gasteiger partial charge in [0.25, 0.3) is 0 Å². The van der Waals surface area contributed by atoms with Crippen LogP contribution in [0.15, 0.2) is 6.20 Å². The van der Waals surface area contributed by atoms with Crippen molar-refractivity contribution < 1.29 is 0 Å². The molecule has 0 radical (unpaired) electrons. The third-order valence-electron chi connectivity index (χ3n) is 2.28. The van der Waals surface area contributed by atoms with Crippen LogP contribution < -0.4 is 11.5 Å². The maximum absolute atomic E-state index is 5.80. The predicted octanol–water partition coefficient (Wildman–Crippen LogP) is 1.39. The zero-order chi connectivity index (χ0) is 11.0. The van der Waals surface area contributed by atoms with Crippen molar-refractivity contribution in [3.05, 3.63) is 17.3 Å². The van der Waals surface area contributed by atoms with Crippen LogP contribution in [0.1, 0.15) is 11.1 Å². The average Bonchev–Trinajstić information content (AvgIpc) is 2.17. The van der Waals surface area contributed by atoms with Gasteiger partial charge < -0.3 is 11.5 Å². The Labute approximate surface area is 95.0 Å². The Balaban J connectivity index is 2.87. The highest BCUT2D eigenvalue weighted by Gasteiger charge is 2.10. The predicted molar refractivity (Wildman–Crippen MR) is 63.5 cm³/mol. The van der Waals surface area contributed by atoms with Gasteiger partial charge in [-0.15, -0.1) is 0 Å². The maximum atomic E-state index is 5.80. The molecular weight excluding hydrogens is 258 g/mol. The molecule has 78 valence electrons. The second-order valence-corrected chi connectivity index (χ2v) is 3.77. The molecule has 2 aromatic heterocycles. The van der Waals surface area contributed by atoms with Crippen LogP contribution in [0, 0.1) is 6.92 Å². The van der Waals surface area contributed by atoms with Gasteiger partial charge in [-0.25, -0.2) is 4.98 Å². The molecule has 0 fully saturated rings. The maximum Gasteiger partial charge on any atom is 0.224 e. The number of pyridine rings is 1. The van der Waals surface area contributed by atoms with Gasteiger partial charge in [-0.2, -0.15) is 9.97 Å². The molecule has 2 heterocycles. The Bertz CT molecular complexity index is 525. The molecule has 4 N–H and O–H groups in total. The summed E-state index contributed by atoms with van der Waals surface area (Å²) in [4.78, 5) is 12.2. The number of nitrogens with two attached hydrogens (primary N) is 2. The second-order valence-electron chi connectivity index (χ2n) is 3.21. The molecule has 0 aliphatic heterocycles. The number of fused-ring (bicyclic) bond motifs is 1. The Hall–Kier alpha value is -1.43. The number of nitrogen functional groups attached to an aromatic ring is 2. The lowest BCUT2D eigenvalue weighted by atomic mass is 10.1. The van der Waals surface area contributed by atoms with E-state index >= 15 is 0 Å². The fraction of sp³-hybridized carbons (Fsp3) is 0.222. The zero-order valence-corrected chi connectivity index (χ0v) is 9.74. The summed E-state index contributed by atoms with van der Waals surface area (Å²) in [6.45, 7) is 1.97. The summed E-state index contributed by atoms with van der Waals surface area (Å²) in [5.74, 6) is 0.531. The number of nitrogens with zero attached hydrogens (tertiary/aromatic N) is 3. The molecule has 6 heteroatoms. The number of aryl methyl sites for hydroxylation is 1. The Morgan fingerprint density at radius 1 is 1.33 bits per heavy atom. The molecule has 0 aliphatic carbocycles. The quantitative estimate of drug-likeness (QED) is 0.763. The van der Waals surface area contributed by atoms with Gasteiger partial charge in [-0.1, -0.05) is 15.9 Å². The van der Waals surface area contributed by atoms with Crippen molar-refractivity contribution in [2.24, 2.45) is 0 Å². The minimum absolute atomic E-state index is 0.151. The summed E-state index contributed by atoms with van der Waals surface area (Å²) in [5, 5.41) is 1.51. The lowest BCUT2D eigenvalue weighted by molar-refractivity contribution is 1.17. The van der Waals surface area contributed by atoms with Crippen molar-refractivity contribution in [2.45, 2.75) is 12.3 Å². The van der Waals surface area contributed by atoms with E-state index in [1.807, 2.05) is 6.92 Å². The zero-order valence-electron chi connectivity index (χ0n) is 8.16. The van der Waals surface area contributed by atoms with Gasteiger partial charge in [-0.3, -0.25) is 0 Å². The van der Waals surface area contributed by atoms with E-state index in [1.165, 1.54) is 0 Å². The lowest BCUT2D eigenvalue weighted by Gasteiger charge is -2.07. The highest BCUT2D eigenvalue weighted by atomic mass is 79.9. The molecule has 0 amide bonds. The smallest absolute Gasteiger partial charge is 0.224 e. The molecule has 0 spiro atoms. The molecule has 15 heavy (non-hydrogen) atoms. The Morgan fingerprint density at radius 2 is 2.07 bits per heavy atom. The number of aromatic nitrogens is 3. The van der Waals surface area contributed by atoms with Crippen molar-refractivity contribution in [1.29, 1.82) is 0 Å². The van der Waals surface area contributed by atoms with Crippen LogP contribution in [-0.2, 0) is 5.33 Å². The summed E-state index contributed by atoms with van der Waals surface area (Å²) in [7, 11) is 0. The summed E-state index contributed by atoms with van der Waals surface area (Å²) in [6, 6.07) is 0. The van der Waals surface area contributed by atoms with E-state index in [4.69, 9.17) is 11.5 Å². The number of hydrogen-bond acceptors (Lipinski definition) is 5. The molecule has 5 nitrogen and oxygen atoms in total. The summed E-state index contributed by atoms with van der Waals surface area (Å²) in [5.41, 5.74) is 13.9. The fourth-order valence-electron chi connectivity index (χ4n) is 1.47. The van der Waals surface area contributed by atoms with E-state index in [-0.39, 0.29) is 5.95 Å². The number of halogens is 1. The van der Waals surface area contributed by atoms with E-state index in [9.17, 15) is 0 Å². The van der Waals surface area contributed by atoms with E-state index in [1.54, 1.807) is 6.20 Å². The SMILES string of the molecule is Cc1c(CBr)cnc2nc(N)nc(N)c12. The van der Waals surface area contributed by atoms with Gasteiger partial charge in [0.2, 0.25) is 5.95 Å². The van der Waals surface area contributed by atoms with E-state index in [0.717, 1.165) is 21.8 Å². The molecule has 0 saturated carbocycles. The summed E-state index contributed by atoms with van der Waals surface area (Å²) in [6.07, 6.45) is 1.76. The third kappa shape index (κ3) is 1.61. The number of rotatable bonds is 1. The molecule has 0 aliphatic rings. The number of anilines is 2. The first-order chi connectivity index (χ1) is 7.13. The number of alkyl halides is 1. The Morgan fingerprint density at radius 3 is 2.73 bits per heavy atom. The van der Waals surface area contributed by atoms with Crippen molar-refractivity contribution in [3.63, 3.8) is 0 Å². The highest BCUT2D eigenvalue weighted by Crippen LogP contribution is 2.24. The summed E-state index contributed by atoms with van der Waals surface area (Å²) >= 11 is 3.39. The van der Waals surface area contributed by atoms with Gasteiger partial charge in [0.15, 0.2) is 5.65 Å². The molecule has 2 aromatic rings. The van der Waals surface area contributed by atoms with Crippen LogP contribution >= 0.6 is 15.9 Å².